The number of nitrogens with one attached hydrogen (secondary N) is 1. The van der Waals surface area contributed by atoms with Gasteiger partial charge in [-0.25, -0.2) is 0 Å². The third-order valence-corrected chi connectivity index (χ3v) is 4.68. The fourth-order valence-electron chi connectivity index (χ4n) is 2.73. The lowest BCUT2D eigenvalue weighted by Gasteiger charge is -2.08. The van der Waals surface area contributed by atoms with Gasteiger partial charge in [0.25, 0.3) is 0 Å². The molecule has 0 aliphatic heterocycles. The number of fused-ring (bicyclic) bond motifs is 3. The molecule has 1 aromatic heterocycles. The Morgan fingerprint density at radius 3 is 2.39 bits per heavy atom. The minimum absolute atomic E-state index is 0.200. The van der Waals surface area contributed by atoms with Crippen LogP contribution in [0.3, 0.4) is 0 Å². The Morgan fingerprint density at radius 2 is 1.74 bits per heavy atom. The molecule has 3 N–H and O–H groups in total. The van der Waals surface area contributed by atoms with Crippen molar-refractivity contribution in [2.24, 2.45) is 0 Å². The van der Waals surface area contributed by atoms with Gasteiger partial charge in [-0.05, 0) is 42.3 Å². The van der Waals surface area contributed by atoms with Gasteiger partial charge in [0.05, 0.1) is 20.4 Å². The van der Waals surface area contributed by atoms with E-state index in [1.165, 1.54) is 0 Å². The van der Waals surface area contributed by atoms with Gasteiger partial charge in [0.15, 0.2) is 0 Å². The Morgan fingerprint density at radius 1 is 1.04 bits per heavy atom. The zero-order valence-corrected chi connectivity index (χ0v) is 13.8. The number of hydrogen-bond acceptors (Lipinski definition) is 3. The van der Waals surface area contributed by atoms with Gasteiger partial charge in [-0.2, -0.15) is 0 Å². The summed E-state index contributed by atoms with van der Waals surface area (Å²) in [6.45, 7) is 0. The van der Waals surface area contributed by atoms with E-state index in [9.17, 15) is 4.57 Å². The quantitative estimate of drug-likeness (QED) is 0.623. The topological polar surface area (TPSA) is 91.8 Å². The van der Waals surface area contributed by atoms with Crippen molar-refractivity contribution in [2.75, 3.05) is 20.4 Å². The van der Waals surface area contributed by atoms with Crippen molar-refractivity contribution in [3.8, 4) is 11.5 Å². The van der Waals surface area contributed by atoms with Gasteiger partial charge in [0, 0.05) is 21.8 Å². The highest BCUT2D eigenvalue weighted by atomic mass is 31.2. The van der Waals surface area contributed by atoms with E-state index >= 15 is 0 Å². The van der Waals surface area contributed by atoms with E-state index < -0.39 is 7.60 Å². The Balaban J connectivity index is 2.20. The van der Waals surface area contributed by atoms with Crippen molar-refractivity contribution in [1.82, 2.24) is 4.98 Å². The molecule has 0 radical (unpaired) electrons. The molecule has 0 saturated carbocycles. The van der Waals surface area contributed by atoms with Gasteiger partial charge in [-0.3, -0.25) is 4.57 Å². The largest absolute Gasteiger partial charge is 0.497 e. The molecule has 1 heterocycles. The number of aromatic nitrogens is 1. The number of ether oxygens (including phenoxy) is 2. The van der Waals surface area contributed by atoms with Gasteiger partial charge in [0.1, 0.15) is 11.5 Å². The maximum absolute atomic E-state index is 11.2. The summed E-state index contributed by atoms with van der Waals surface area (Å²) >= 11 is 0. The maximum atomic E-state index is 11.2. The molecule has 23 heavy (non-hydrogen) atoms. The number of aryl methyl sites for hydroxylation is 1. The summed E-state index contributed by atoms with van der Waals surface area (Å²) in [5, 5.41) is 1.93. The van der Waals surface area contributed by atoms with Crippen LogP contribution < -0.4 is 9.47 Å². The molecule has 2 aromatic carbocycles. The van der Waals surface area contributed by atoms with Crippen molar-refractivity contribution in [2.45, 2.75) is 6.42 Å². The van der Waals surface area contributed by atoms with Gasteiger partial charge in [0.2, 0.25) is 0 Å². The number of benzene rings is 2. The predicted molar refractivity (Wildman–Crippen MR) is 89.5 cm³/mol. The predicted octanol–water partition coefficient (Wildman–Crippen LogP) is 3.06. The Hall–Kier alpha value is -2.01. The minimum atomic E-state index is -4.05. The normalized spacial score (nSPS) is 12.0. The lowest BCUT2D eigenvalue weighted by atomic mass is 10.1. The first-order chi connectivity index (χ1) is 10.9. The zero-order chi connectivity index (χ0) is 16.6. The van der Waals surface area contributed by atoms with Gasteiger partial charge in [-0.1, -0.05) is 0 Å². The second-order valence-corrected chi connectivity index (χ2v) is 7.16. The molecule has 0 atom stereocenters. The fourth-order valence-corrected chi connectivity index (χ4v) is 3.26. The highest BCUT2D eigenvalue weighted by molar-refractivity contribution is 7.51. The van der Waals surface area contributed by atoms with Crippen LogP contribution in [0.5, 0.6) is 11.5 Å². The molecular weight excluding hydrogens is 317 g/mol. The first-order valence-corrected chi connectivity index (χ1v) is 8.92. The SMILES string of the molecule is COc1ccc2[nH]c3c(CCP(=O)(O)O)cc(OC)cc3c2c1. The van der Waals surface area contributed by atoms with E-state index in [0.29, 0.717) is 5.75 Å². The van der Waals surface area contributed by atoms with Crippen molar-refractivity contribution in [3.63, 3.8) is 0 Å². The van der Waals surface area contributed by atoms with E-state index in [1.807, 2.05) is 30.3 Å². The summed E-state index contributed by atoms with van der Waals surface area (Å²) in [6, 6.07) is 9.44. The van der Waals surface area contributed by atoms with E-state index in [4.69, 9.17) is 19.3 Å². The second-order valence-electron chi connectivity index (χ2n) is 5.38. The molecule has 0 aliphatic rings. The molecule has 0 saturated heterocycles. The first-order valence-electron chi connectivity index (χ1n) is 7.12. The number of rotatable bonds is 5. The van der Waals surface area contributed by atoms with E-state index in [1.54, 1.807) is 14.2 Å². The average molecular weight is 335 g/mol. The number of H-pyrrole nitrogens is 1. The van der Waals surface area contributed by atoms with Crippen LogP contribution in [0.1, 0.15) is 5.56 Å². The van der Waals surface area contributed by atoms with Crippen molar-refractivity contribution >= 4 is 29.4 Å². The lowest BCUT2D eigenvalue weighted by Crippen LogP contribution is -1.96. The molecule has 0 bridgehead atoms. The molecule has 122 valence electrons. The summed E-state index contributed by atoms with van der Waals surface area (Å²) in [6.07, 6.45) is 0.0654. The van der Waals surface area contributed by atoms with Crippen LogP contribution >= 0.6 is 7.60 Å². The molecule has 0 unspecified atom stereocenters. The Labute approximate surface area is 133 Å². The molecule has 6 nitrogen and oxygen atoms in total. The van der Waals surface area contributed by atoms with Crippen LogP contribution in [0.2, 0.25) is 0 Å². The summed E-state index contributed by atoms with van der Waals surface area (Å²) in [5.41, 5.74) is 2.62. The zero-order valence-electron chi connectivity index (χ0n) is 12.9. The second kappa shape index (κ2) is 5.89. The highest BCUT2D eigenvalue weighted by Gasteiger charge is 2.16. The van der Waals surface area contributed by atoms with Crippen LogP contribution in [-0.4, -0.2) is 35.2 Å². The first kappa shape index (κ1) is 15.9. The smallest absolute Gasteiger partial charge is 0.325 e. The standard InChI is InChI=1S/C16H18NO5P/c1-21-11-3-4-15-13(8-11)14-9-12(22-2)7-10(16(14)17-15)5-6-23(18,19)20/h3-4,7-9,17H,5-6H2,1-2H3,(H2,18,19,20). The molecule has 0 spiro atoms. The Kier molecular flexibility index (Phi) is 4.06. The molecule has 7 heteroatoms. The summed E-state index contributed by atoms with van der Waals surface area (Å²) in [7, 11) is -0.869. The van der Waals surface area contributed by atoms with Crippen molar-refractivity contribution in [3.05, 3.63) is 35.9 Å². The van der Waals surface area contributed by atoms with E-state index in [0.717, 1.165) is 33.1 Å². The fraction of sp³-hybridized carbons (Fsp3) is 0.250. The Bertz CT molecular complexity index is 912. The molecule has 0 amide bonds. The molecule has 0 fully saturated rings. The summed E-state index contributed by atoms with van der Waals surface area (Å²) < 4.78 is 21.8. The van der Waals surface area contributed by atoms with E-state index in [-0.39, 0.29) is 12.6 Å². The lowest BCUT2D eigenvalue weighted by molar-refractivity contribution is 0.373. The van der Waals surface area contributed by atoms with Crippen LogP contribution in [0.4, 0.5) is 0 Å². The van der Waals surface area contributed by atoms with Crippen LogP contribution in [0, 0.1) is 0 Å². The van der Waals surface area contributed by atoms with Crippen LogP contribution in [0.15, 0.2) is 30.3 Å². The molecular formula is C16H18NO5P. The maximum Gasteiger partial charge on any atom is 0.325 e. The molecule has 3 aromatic rings. The average Bonchev–Trinajstić information content (AvgIpc) is 2.89. The monoisotopic (exact) mass is 335 g/mol. The highest BCUT2D eigenvalue weighted by Crippen LogP contribution is 2.38. The molecule has 3 rings (SSSR count). The van der Waals surface area contributed by atoms with Crippen LogP contribution in [0.25, 0.3) is 21.8 Å². The minimum Gasteiger partial charge on any atom is -0.497 e. The third kappa shape index (κ3) is 3.20. The van der Waals surface area contributed by atoms with E-state index in [2.05, 4.69) is 4.98 Å². The van der Waals surface area contributed by atoms with Gasteiger partial charge >= 0.3 is 7.60 Å². The van der Waals surface area contributed by atoms with Gasteiger partial charge in [-0.15, -0.1) is 0 Å². The molecule has 0 aliphatic carbocycles. The number of hydrogen-bond donors (Lipinski definition) is 3. The summed E-state index contributed by atoms with van der Waals surface area (Å²) in [5.74, 6) is 1.40. The summed E-state index contributed by atoms with van der Waals surface area (Å²) in [4.78, 5) is 21.6. The van der Waals surface area contributed by atoms with Crippen molar-refractivity contribution in [1.29, 1.82) is 0 Å². The van der Waals surface area contributed by atoms with Gasteiger partial charge < -0.3 is 24.2 Å². The number of methoxy groups -OCH3 is 2. The van der Waals surface area contributed by atoms with Crippen LogP contribution in [-0.2, 0) is 11.0 Å². The van der Waals surface area contributed by atoms with Crippen molar-refractivity contribution < 1.29 is 23.8 Å². The third-order valence-electron chi connectivity index (χ3n) is 3.88. The number of aromatic amines is 1.